The molecule has 0 N–H and O–H groups in total. The highest BCUT2D eigenvalue weighted by atomic mass is 16.8. The van der Waals surface area contributed by atoms with Crippen molar-refractivity contribution >= 4 is 0 Å². The molecule has 2 heterocycles. The summed E-state index contributed by atoms with van der Waals surface area (Å²) in [6.07, 6.45) is 4.09. The van der Waals surface area contributed by atoms with E-state index in [0.717, 1.165) is 0 Å². The molecular weight excluding hydrogens is 352 g/mol. The van der Waals surface area contributed by atoms with E-state index in [2.05, 4.69) is 0 Å². The molecule has 0 bridgehead atoms. The number of aromatic nitrogens is 1. The van der Waals surface area contributed by atoms with Gasteiger partial charge in [0, 0.05) is 17.1 Å². The zero-order valence-electron chi connectivity index (χ0n) is 13.2. The van der Waals surface area contributed by atoms with Crippen molar-refractivity contribution in [1.29, 1.82) is 0 Å². The first-order chi connectivity index (χ1) is 12.3. The third-order valence-electron chi connectivity index (χ3n) is 4.01. The van der Waals surface area contributed by atoms with E-state index in [-0.39, 0.29) is 13.2 Å². The van der Waals surface area contributed by atoms with Crippen LogP contribution in [0.3, 0.4) is 0 Å². The minimum Gasteiger partial charge on any atom is -0.332 e. The van der Waals surface area contributed by atoms with E-state index < -0.39 is 44.1 Å². The normalized spacial score (nSPS) is 27.7. The summed E-state index contributed by atoms with van der Waals surface area (Å²) in [5.41, 5.74) is -1.62. The number of rotatable bonds is 5. The molecule has 1 aliphatic heterocycles. The first kappa shape index (κ1) is 17.6. The van der Waals surface area contributed by atoms with Crippen molar-refractivity contribution < 1.29 is 28.8 Å². The predicted octanol–water partition coefficient (Wildman–Crippen LogP) is 0.0659. The van der Waals surface area contributed by atoms with Gasteiger partial charge in [0.05, 0.1) is 28.6 Å². The van der Waals surface area contributed by atoms with Gasteiger partial charge in [0.1, 0.15) is 6.10 Å². The van der Waals surface area contributed by atoms with Crippen molar-refractivity contribution in [2.45, 2.75) is 24.5 Å². The fraction of sp³-hybridized carbons (Fsp3) is 0.357. The van der Waals surface area contributed by atoms with Gasteiger partial charge in [-0.1, -0.05) is 6.07 Å². The summed E-state index contributed by atoms with van der Waals surface area (Å²) in [5, 5.41) is 33.8. The Balaban J connectivity index is 1.95. The second kappa shape index (κ2) is 6.57. The van der Waals surface area contributed by atoms with E-state index in [0.29, 0.717) is 12.2 Å². The number of ether oxygens (including phenoxy) is 2. The molecule has 1 saturated heterocycles. The summed E-state index contributed by atoms with van der Waals surface area (Å²) < 4.78 is 12.7. The largest absolute Gasteiger partial charge is 0.337 e. The van der Waals surface area contributed by atoms with E-state index >= 15 is 0 Å². The van der Waals surface area contributed by atoms with Gasteiger partial charge in [-0.15, -0.1) is 0 Å². The summed E-state index contributed by atoms with van der Waals surface area (Å²) in [5.74, 6) is -2.31. The average molecular weight is 365 g/mol. The molecule has 0 radical (unpaired) electrons. The molecule has 1 aromatic rings. The molecule has 1 aromatic heterocycles. The van der Waals surface area contributed by atoms with Crippen molar-refractivity contribution in [2.24, 2.45) is 0 Å². The molecule has 2 aliphatic rings. The zero-order chi connectivity index (χ0) is 18.9. The monoisotopic (exact) mass is 365 g/mol. The van der Waals surface area contributed by atoms with E-state index in [1.807, 2.05) is 0 Å². The summed E-state index contributed by atoms with van der Waals surface area (Å²) in [6.45, 7) is 0.100. The van der Waals surface area contributed by atoms with Crippen LogP contribution in [0.4, 0.5) is 0 Å². The molecule has 136 valence electrons. The summed E-state index contributed by atoms with van der Waals surface area (Å²) in [7, 11) is 0. The second-order valence-corrected chi connectivity index (χ2v) is 5.66. The van der Waals surface area contributed by atoms with Crippen molar-refractivity contribution in [3.05, 3.63) is 84.5 Å². The Labute approximate surface area is 145 Å². The standard InChI is InChI=1S/C14H13N4O8/c19-16(20)10-6-12(17(21)22)14(13(7-10)18(23)24)25-9-11(26-14)8-15-4-2-1-3-5-15/h1-7,11-12H,8-9H2/q+1. The smallest absolute Gasteiger partial charge is 0.332 e. The Morgan fingerprint density at radius 3 is 2.38 bits per heavy atom. The van der Waals surface area contributed by atoms with Crippen molar-refractivity contribution in [2.75, 3.05) is 6.61 Å². The minimum atomic E-state index is -2.31. The summed E-state index contributed by atoms with van der Waals surface area (Å²) in [4.78, 5) is 31.0. The van der Waals surface area contributed by atoms with Gasteiger partial charge in [0.2, 0.25) is 0 Å². The SMILES string of the molecule is O=[N+]([O-])C1=CC([N+](=O)[O-])C2(OCC(C[n+]3ccccc3)O2)C([N+](=O)[O-])=C1. The molecule has 12 heteroatoms. The molecule has 0 saturated carbocycles. The van der Waals surface area contributed by atoms with Gasteiger partial charge in [-0.25, -0.2) is 4.57 Å². The maximum absolute atomic E-state index is 11.4. The minimum absolute atomic E-state index is 0.140. The van der Waals surface area contributed by atoms with Gasteiger partial charge in [-0.05, 0) is 0 Å². The first-order valence-corrected chi connectivity index (χ1v) is 7.45. The third-order valence-corrected chi connectivity index (χ3v) is 4.01. The number of hydrogen-bond acceptors (Lipinski definition) is 8. The van der Waals surface area contributed by atoms with E-state index in [1.165, 1.54) is 0 Å². The molecular formula is C14H13N4O8+. The van der Waals surface area contributed by atoms with Crippen LogP contribution in [-0.4, -0.2) is 39.3 Å². The third kappa shape index (κ3) is 3.02. The average Bonchev–Trinajstić information content (AvgIpc) is 2.98. The number of allylic oxidation sites excluding steroid dienone is 1. The van der Waals surface area contributed by atoms with Crippen LogP contribution in [-0.2, 0) is 16.0 Å². The molecule has 1 spiro atoms. The second-order valence-electron chi connectivity index (χ2n) is 5.66. The Kier molecular flexibility index (Phi) is 4.44. The van der Waals surface area contributed by atoms with Crippen molar-refractivity contribution in [1.82, 2.24) is 0 Å². The van der Waals surface area contributed by atoms with Gasteiger partial charge < -0.3 is 9.47 Å². The maximum Gasteiger partial charge on any atom is 0.337 e. The van der Waals surface area contributed by atoms with Gasteiger partial charge in [-0.2, -0.15) is 0 Å². The topological polar surface area (TPSA) is 152 Å². The van der Waals surface area contributed by atoms with Crippen LogP contribution in [0.2, 0.25) is 0 Å². The zero-order valence-corrected chi connectivity index (χ0v) is 13.2. The van der Waals surface area contributed by atoms with Crippen LogP contribution >= 0.6 is 0 Å². The van der Waals surface area contributed by atoms with Gasteiger partial charge in [0.25, 0.3) is 5.70 Å². The highest BCUT2D eigenvalue weighted by Gasteiger charge is 2.66. The quantitative estimate of drug-likeness (QED) is 0.403. The fourth-order valence-corrected chi connectivity index (χ4v) is 2.91. The van der Waals surface area contributed by atoms with Crippen LogP contribution in [0.25, 0.3) is 0 Å². The summed E-state index contributed by atoms with van der Waals surface area (Å²) in [6, 6.07) is 3.41. The highest BCUT2D eigenvalue weighted by molar-refractivity contribution is 5.30. The molecule has 0 aromatic carbocycles. The van der Waals surface area contributed by atoms with E-state index in [9.17, 15) is 30.3 Å². The number of nitrogens with zero attached hydrogens (tertiary/aromatic N) is 4. The molecule has 3 unspecified atom stereocenters. The van der Waals surface area contributed by atoms with Crippen molar-refractivity contribution in [3.63, 3.8) is 0 Å². The Morgan fingerprint density at radius 2 is 1.81 bits per heavy atom. The Hall–Kier alpha value is -3.25. The predicted molar refractivity (Wildman–Crippen MR) is 81.1 cm³/mol. The lowest BCUT2D eigenvalue weighted by atomic mass is 9.96. The fourth-order valence-electron chi connectivity index (χ4n) is 2.91. The summed E-state index contributed by atoms with van der Waals surface area (Å²) >= 11 is 0. The van der Waals surface area contributed by atoms with Gasteiger partial charge in [0.15, 0.2) is 18.9 Å². The van der Waals surface area contributed by atoms with Gasteiger partial charge in [-0.3, -0.25) is 30.3 Å². The molecule has 1 aliphatic carbocycles. The Bertz CT molecular complexity index is 823. The molecule has 12 nitrogen and oxygen atoms in total. The van der Waals surface area contributed by atoms with Crippen molar-refractivity contribution in [3.8, 4) is 0 Å². The lowest BCUT2D eigenvalue weighted by molar-refractivity contribution is -0.704. The number of nitro groups is 3. The number of hydrogen-bond donors (Lipinski definition) is 0. The first-order valence-electron chi connectivity index (χ1n) is 7.45. The maximum atomic E-state index is 11.4. The Morgan fingerprint density at radius 1 is 1.12 bits per heavy atom. The van der Waals surface area contributed by atoms with Crippen LogP contribution < -0.4 is 4.57 Å². The molecule has 1 fully saturated rings. The number of pyridine rings is 1. The molecule has 3 atom stereocenters. The van der Waals surface area contributed by atoms with Crippen LogP contribution in [0.15, 0.2) is 54.1 Å². The van der Waals surface area contributed by atoms with E-state index in [4.69, 9.17) is 9.47 Å². The molecule has 26 heavy (non-hydrogen) atoms. The molecule has 0 amide bonds. The van der Waals surface area contributed by atoms with E-state index in [1.54, 1.807) is 35.2 Å². The van der Waals surface area contributed by atoms with Crippen LogP contribution in [0.5, 0.6) is 0 Å². The lowest BCUT2D eigenvalue weighted by Gasteiger charge is -2.27. The van der Waals surface area contributed by atoms with Crippen LogP contribution in [0.1, 0.15) is 0 Å². The van der Waals surface area contributed by atoms with Crippen LogP contribution in [0, 0.1) is 30.3 Å². The lowest BCUT2D eigenvalue weighted by Crippen LogP contribution is -2.53. The van der Waals surface area contributed by atoms with Gasteiger partial charge >= 0.3 is 17.5 Å². The highest BCUT2D eigenvalue weighted by Crippen LogP contribution is 2.40. The molecule has 3 rings (SSSR count).